The van der Waals surface area contributed by atoms with Crippen LogP contribution in [0.25, 0.3) is 0 Å². The molecule has 0 spiro atoms. The Bertz CT molecular complexity index is 680. The van der Waals surface area contributed by atoms with Crippen LogP contribution in [0.2, 0.25) is 0 Å². The van der Waals surface area contributed by atoms with Gasteiger partial charge in [0.1, 0.15) is 0 Å². The average molecular weight is 333 g/mol. The van der Waals surface area contributed by atoms with Crippen LogP contribution in [0.3, 0.4) is 0 Å². The molecule has 2 rings (SSSR count). The van der Waals surface area contributed by atoms with Gasteiger partial charge in [-0.25, -0.2) is 0 Å². The molecule has 4 heteroatoms. The Kier molecular flexibility index (Phi) is 4.14. The van der Waals surface area contributed by atoms with Crippen molar-refractivity contribution in [3.8, 4) is 0 Å². The SMILES string of the molecule is Cc1ccc(NC(=O)c2cc(Br)cc(N)c2C)cc1C. The zero-order valence-electron chi connectivity index (χ0n) is 11.8. The van der Waals surface area contributed by atoms with E-state index in [0.717, 1.165) is 21.3 Å². The number of nitrogens with one attached hydrogen (secondary N) is 1. The molecule has 0 aromatic heterocycles. The number of nitrogens with two attached hydrogens (primary N) is 1. The summed E-state index contributed by atoms with van der Waals surface area (Å²) in [6.45, 7) is 5.91. The highest BCUT2D eigenvalue weighted by molar-refractivity contribution is 9.10. The maximum absolute atomic E-state index is 12.3. The highest BCUT2D eigenvalue weighted by atomic mass is 79.9. The molecule has 0 aliphatic rings. The molecule has 0 atom stereocenters. The summed E-state index contributed by atoms with van der Waals surface area (Å²) in [7, 11) is 0. The van der Waals surface area contributed by atoms with E-state index in [1.807, 2.05) is 39.0 Å². The lowest BCUT2D eigenvalue weighted by molar-refractivity contribution is 0.102. The second-order valence-corrected chi connectivity index (χ2v) is 5.84. The van der Waals surface area contributed by atoms with Gasteiger partial charge in [0.15, 0.2) is 0 Å². The number of carbonyl (C=O) groups excluding carboxylic acids is 1. The van der Waals surface area contributed by atoms with Crippen LogP contribution in [0.4, 0.5) is 11.4 Å². The highest BCUT2D eigenvalue weighted by Crippen LogP contribution is 2.24. The molecule has 104 valence electrons. The topological polar surface area (TPSA) is 55.1 Å². The van der Waals surface area contributed by atoms with E-state index in [9.17, 15) is 4.79 Å². The van der Waals surface area contributed by atoms with Gasteiger partial charge in [0.05, 0.1) is 0 Å². The summed E-state index contributed by atoms with van der Waals surface area (Å²) in [5.41, 5.74) is 11.0. The lowest BCUT2D eigenvalue weighted by Gasteiger charge is -2.11. The first-order valence-corrected chi connectivity index (χ1v) is 7.12. The Labute approximate surface area is 127 Å². The third-order valence-electron chi connectivity index (χ3n) is 3.42. The second-order valence-electron chi connectivity index (χ2n) is 4.92. The van der Waals surface area contributed by atoms with Gasteiger partial charge in [-0.05, 0) is 61.7 Å². The largest absolute Gasteiger partial charge is 0.398 e. The Morgan fingerprint density at radius 1 is 1.10 bits per heavy atom. The maximum atomic E-state index is 12.3. The van der Waals surface area contributed by atoms with Gasteiger partial charge in [0, 0.05) is 21.4 Å². The number of anilines is 2. The first kappa shape index (κ1) is 14.6. The van der Waals surface area contributed by atoms with E-state index in [0.29, 0.717) is 11.3 Å². The number of rotatable bonds is 2. The molecule has 0 saturated carbocycles. The fourth-order valence-corrected chi connectivity index (χ4v) is 2.43. The summed E-state index contributed by atoms with van der Waals surface area (Å²) in [5, 5.41) is 2.91. The summed E-state index contributed by atoms with van der Waals surface area (Å²) >= 11 is 3.36. The zero-order chi connectivity index (χ0) is 14.9. The van der Waals surface area contributed by atoms with Crippen molar-refractivity contribution in [2.45, 2.75) is 20.8 Å². The minimum absolute atomic E-state index is 0.154. The van der Waals surface area contributed by atoms with E-state index in [1.165, 1.54) is 5.56 Å². The summed E-state index contributed by atoms with van der Waals surface area (Å²) in [4.78, 5) is 12.3. The molecule has 0 aliphatic heterocycles. The summed E-state index contributed by atoms with van der Waals surface area (Å²) in [6, 6.07) is 9.43. The minimum atomic E-state index is -0.154. The second kappa shape index (κ2) is 5.67. The van der Waals surface area contributed by atoms with Gasteiger partial charge in [-0.2, -0.15) is 0 Å². The van der Waals surface area contributed by atoms with Crippen molar-refractivity contribution < 1.29 is 4.79 Å². The average Bonchev–Trinajstić information content (AvgIpc) is 2.38. The van der Waals surface area contributed by atoms with Crippen molar-refractivity contribution in [1.29, 1.82) is 0 Å². The minimum Gasteiger partial charge on any atom is -0.398 e. The predicted molar refractivity (Wildman–Crippen MR) is 87.2 cm³/mol. The zero-order valence-corrected chi connectivity index (χ0v) is 13.3. The quantitative estimate of drug-likeness (QED) is 0.809. The normalized spacial score (nSPS) is 10.4. The van der Waals surface area contributed by atoms with E-state index >= 15 is 0 Å². The molecule has 0 fully saturated rings. The number of halogens is 1. The molecule has 0 heterocycles. The monoisotopic (exact) mass is 332 g/mol. The molecule has 0 aliphatic carbocycles. The maximum Gasteiger partial charge on any atom is 0.256 e. The summed E-state index contributed by atoms with van der Waals surface area (Å²) in [6.07, 6.45) is 0. The van der Waals surface area contributed by atoms with Crippen LogP contribution in [0.1, 0.15) is 27.0 Å². The lowest BCUT2D eigenvalue weighted by Crippen LogP contribution is -2.14. The van der Waals surface area contributed by atoms with Crippen LogP contribution in [0.15, 0.2) is 34.8 Å². The number of hydrogen-bond donors (Lipinski definition) is 2. The fourth-order valence-electron chi connectivity index (χ4n) is 1.95. The van der Waals surface area contributed by atoms with E-state index in [-0.39, 0.29) is 5.91 Å². The van der Waals surface area contributed by atoms with Crippen LogP contribution in [0.5, 0.6) is 0 Å². The number of hydrogen-bond acceptors (Lipinski definition) is 2. The van der Waals surface area contributed by atoms with Gasteiger partial charge >= 0.3 is 0 Å². The van der Waals surface area contributed by atoms with Crippen molar-refractivity contribution in [2.75, 3.05) is 11.1 Å². The van der Waals surface area contributed by atoms with Crippen molar-refractivity contribution in [1.82, 2.24) is 0 Å². The number of benzene rings is 2. The molecule has 0 saturated heterocycles. The molecule has 3 N–H and O–H groups in total. The number of carbonyl (C=O) groups is 1. The van der Waals surface area contributed by atoms with E-state index in [2.05, 4.69) is 21.2 Å². The first-order valence-electron chi connectivity index (χ1n) is 6.32. The number of aryl methyl sites for hydroxylation is 2. The van der Waals surface area contributed by atoms with Crippen molar-refractivity contribution in [3.63, 3.8) is 0 Å². The van der Waals surface area contributed by atoms with Crippen molar-refractivity contribution in [2.24, 2.45) is 0 Å². The van der Waals surface area contributed by atoms with Crippen LogP contribution in [0, 0.1) is 20.8 Å². The van der Waals surface area contributed by atoms with Gasteiger partial charge < -0.3 is 11.1 Å². The predicted octanol–water partition coefficient (Wildman–Crippen LogP) is 4.21. The lowest BCUT2D eigenvalue weighted by atomic mass is 10.1. The molecule has 1 amide bonds. The number of nitrogen functional groups attached to an aromatic ring is 1. The van der Waals surface area contributed by atoms with E-state index < -0.39 is 0 Å². The van der Waals surface area contributed by atoms with Crippen molar-refractivity contribution in [3.05, 3.63) is 57.1 Å². The van der Waals surface area contributed by atoms with E-state index in [4.69, 9.17) is 5.73 Å². The summed E-state index contributed by atoms with van der Waals surface area (Å²) in [5.74, 6) is -0.154. The van der Waals surface area contributed by atoms with Gasteiger partial charge in [0.2, 0.25) is 0 Å². The Balaban J connectivity index is 2.30. The van der Waals surface area contributed by atoms with Crippen LogP contribution in [-0.4, -0.2) is 5.91 Å². The standard InChI is InChI=1S/C16H17BrN2O/c1-9-4-5-13(6-10(9)2)19-16(20)14-7-12(17)8-15(18)11(14)3/h4-8H,18H2,1-3H3,(H,19,20). The molecule has 0 bridgehead atoms. The van der Waals surface area contributed by atoms with E-state index in [1.54, 1.807) is 12.1 Å². The van der Waals surface area contributed by atoms with Crippen LogP contribution < -0.4 is 11.1 Å². The Hall–Kier alpha value is -1.81. The third-order valence-corrected chi connectivity index (χ3v) is 3.88. The molecular weight excluding hydrogens is 316 g/mol. The van der Waals surface area contributed by atoms with Gasteiger partial charge in [-0.3, -0.25) is 4.79 Å². The Morgan fingerprint density at radius 3 is 2.45 bits per heavy atom. The van der Waals surface area contributed by atoms with Gasteiger partial charge in [-0.1, -0.05) is 22.0 Å². The molecule has 2 aromatic carbocycles. The molecule has 3 nitrogen and oxygen atoms in total. The Morgan fingerprint density at radius 2 is 1.80 bits per heavy atom. The molecule has 2 aromatic rings. The highest BCUT2D eigenvalue weighted by Gasteiger charge is 2.12. The smallest absolute Gasteiger partial charge is 0.256 e. The number of amides is 1. The van der Waals surface area contributed by atoms with Crippen LogP contribution >= 0.6 is 15.9 Å². The van der Waals surface area contributed by atoms with Gasteiger partial charge in [0.25, 0.3) is 5.91 Å². The molecule has 0 unspecified atom stereocenters. The third kappa shape index (κ3) is 3.02. The molecule has 0 radical (unpaired) electrons. The van der Waals surface area contributed by atoms with Crippen LogP contribution in [-0.2, 0) is 0 Å². The first-order chi connectivity index (χ1) is 9.38. The molecule has 20 heavy (non-hydrogen) atoms. The van der Waals surface area contributed by atoms with Crippen molar-refractivity contribution >= 4 is 33.2 Å². The van der Waals surface area contributed by atoms with Gasteiger partial charge in [-0.15, -0.1) is 0 Å². The molecular formula is C16H17BrN2O. The summed E-state index contributed by atoms with van der Waals surface area (Å²) < 4.78 is 0.797. The fraction of sp³-hybridized carbons (Fsp3) is 0.188.